The molecule has 1 aliphatic rings. The Morgan fingerprint density at radius 3 is 3.00 bits per heavy atom. The molecular formula is C10H22N2S2. The number of thioether (sulfide) groups is 2. The Morgan fingerprint density at radius 2 is 2.43 bits per heavy atom. The number of hydrogen-bond donors (Lipinski definition) is 1. The summed E-state index contributed by atoms with van der Waals surface area (Å²) in [6, 6.07) is 0.616. The molecule has 2 nitrogen and oxygen atoms in total. The van der Waals surface area contributed by atoms with Gasteiger partial charge in [-0.25, -0.2) is 0 Å². The molecule has 1 heterocycles. The highest BCUT2D eigenvalue weighted by atomic mass is 32.2. The maximum absolute atomic E-state index is 5.83. The molecule has 1 aliphatic heterocycles. The van der Waals surface area contributed by atoms with Crippen LogP contribution in [0.1, 0.15) is 13.3 Å². The summed E-state index contributed by atoms with van der Waals surface area (Å²) in [4.78, 5) is 2.58. The Labute approximate surface area is 96.4 Å². The van der Waals surface area contributed by atoms with Crippen molar-refractivity contribution in [1.29, 1.82) is 0 Å². The summed E-state index contributed by atoms with van der Waals surface area (Å²) in [6.45, 7) is 5.59. The maximum Gasteiger partial charge on any atom is 0.0227 e. The molecule has 0 amide bonds. The minimum atomic E-state index is 0.616. The highest BCUT2D eigenvalue weighted by Crippen LogP contribution is 2.20. The zero-order valence-electron chi connectivity index (χ0n) is 9.24. The molecule has 0 bridgehead atoms. The first kappa shape index (κ1) is 12.7. The van der Waals surface area contributed by atoms with Crippen molar-refractivity contribution in [2.45, 2.75) is 24.6 Å². The van der Waals surface area contributed by atoms with Crippen LogP contribution in [0.25, 0.3) is 0 Å². The van der Waals surface area contributed by atoms with Crippen LogP contribution in [-0.2, 0) is 0 Å². The van der Waals surface area contributed by atoms with E-state index >= 15 is 0 Å². The lowest BCUT2D eigenvalue weighted by atomic mass is 10.2. The Bertz CT molecular complexity index is 155. The Hall–Kier alpha value is 0.620. The minimum Gasteiger partial charge on any atom is -0.329 e. The summed E-state index contributed by atoms with van der Waals surface area (Å²) in [7, 11) is 0. The van der Waals surface area contributed by atoms with Gasteiger partial charge in [-0.2, -0.15) is 23.5 Å². The first-order chi connectivity index (χ1) is 6.77. The second-order valence-electron chi connectivity index (χ2n) is 3.85. The molecule has 0 spiro atoms. The fourth-order valence-electron chi connectivity index (χ4n) is 1.88. The van der Waals surface area contributed by atoms with Crippen LogP contribution in [0.5, 0.6) is 0 Å². The summed E-state index contributed by atoms with van der Waals surface area (Å²) < 4.78 is 0. The van der Waals surface area contributed by atoms with Gasteiger partial charge in [0.15, 0.2) is 0 Å². The van der Waals surface area contributed by atoms with Gasteiger partial charge in [0.05, 0.1) is 0 Å². The third-order valence-corrected chi connectivity index (χ3v) is 4.50. The predicted molar refractivity (Wildman–Crippen MR) is 69.3 cm³/mol. The molecule has 0 saturated carbocycles. The summed E-state index contributed by atoms with van der Waals surface area (Å²) in [6.07, 6.45) is 3.41. The van der Waals surface area contributed by atoms with Crippen molar-refractivity contribution in [3.8, 4) is 0 Å². The summed E-state index contributed by atoms with van der Waals surface area (Å²) in [5.74, 6) is 2.51. The van der Waals surface area contributed by atoms with E-state index in [1.165, 1.54) is 31.0 Å². The normalized spacial score (nSPS) is 26.4. The van der Waals surface area contributed by atoms with Crippen LogP contribution < -0.4 is 5.73 Å². The van der Waals surface area contributed by atoms with Crippen molar-refractivity contribution in [2.24, 2.45) is 5.73 Å². The number of nitrogens with zero attached hydrogens (tertiary/aromatic N) is 1. The zero-order valence-corrected chi connectivity index (χ0v) is 10.9. The van der Waals surface area contributed by atoms with Crippen LogP contribution in [0.2, 0.25) is 0 Å². The summed E-state index contributed by atoms with van der Waals surface area (Å²) in [5, 5.41) is 0.784. The first-order valence-corrected chi connectivity index (χ1v) is 7.76. The second kappa shape index (κ2) is 6.99. The first-order valence-electron chi connectivity index (χ1n) is 5.32. The van der Waals surface area contributed by atoms with Gasteiger partial charge in [0, 0.05) is 36.7 Å². The zero-order chi connectivity index (χ0) is 10.4. The SMILES string of the molecule is CSCCC(CN)N1CCSC(C)C1. The quantitative estimate of drug-likeness (QED) is 0.781. The van der Waals surface area contributed by atoms with Crippen LogP contribution in [0.3, 0.4) is 0 Å². The van der Waals surface area contributed by atoms with Crippen molar-refractivity contribution in [2.75, 3.05) is 37.4 Å². The average molecular weight is 234 g/mol. The molecule has 0 aromatic carbocycles. The Morgan fingerprint density at radius 1 is 1.64 bits per heavy atom. The molecule has 1 fully saturated rings. The van der Waals surface area contributed by atoms with E-state index in [-0.39, 0.29) is 0 Å². The van der Waals surface area contributed by atoms with Crippen LogP contribution in [-0.4, -0.2) is 53.6 Å². The van der Waals surface area contributed by atoms with Crippen molar-refractivity contribution in [3.05, 3.63) is 0 Å². The Balaban J connectivity index is 2.34. The van der Waals surface area contributed by atoms with Crippen molar-refractivity contribution < 1.29 is 0 Å². The van der Waals surface area contributed by atoms with Crippen molar-refractivity contribution in [3.63, 3.8) is 0 Å². The lowest BCUT2D eigenvalue weighted by molar-refractivity contribution is 0.205. The molecule has 2 N–H and O–H groups in total. The van der Waals surface area contributed by atoms with E-state index in [2.05, 4.69) is 29.8 Å². The highest BCUT2D eigenvalue weighted by molar-refractivity contribution is 8.00. The lowest BCUT2D eigenvalue weighted by Gasteiger charge is -2.36. The molecule has 14 heavy (non-hydrogen) atoms. The molecule has 0 aromatic heterocycles. The van der Waals surface area contributed by atoms with Gasteiger partial charge in [-0.05, 0) is 18.4 Å². The van der Waals surface area contributed by atoms with E-state index in [0.717, 1.165) is 11.8 Å². The van der Waals surface area contributed by atoms with Gasteiger partial charge in [-0.1, -0.05) is 6.92 Å². The minimum absolute atomic E-state index is 0.616. The van der Waals surface area contributed by atoms with Gasteiger partial charge in [0.1, 0.15) is 0 Å². The van der Waals surface area contributed by atoms with Gasteiger partial charge in [-0.15, -0.1) is 0 Å². The third-order valence-electron chi connectivity index (χ3n) is 2.72. The van der Waals surface area contributed by atoms with Gasteiger partial charge >= 0.3 is 0 Å². The van der Waals surface area contributed by atoms with Crippen molar-refractivity contribution in [1.82, 2.24) is 4.90 Å². The van der Waals surface area contributed by atoms with Crippen LogP contribution in [0, 0.1) is 0 Å². The number of hydrogen-bond acceptors (Lipinski definition) is 4. The molecule has 1 saturated heterocycles. The maximum atomic E-state index is 5.83. The molecular weight excluding hydrogens is 212 g/mol. The van der Waals surface area contributed by atoms with E-state index in [1.807, 2.05) is 11.8 Å². The van der Waals surface area contributed by atoms with Gasteiger partial charge in [-0.3, -0.25) is 4.90 Å². The number of nitrogens with two attached hydrogens (primary N) is 1. The van der Waals surface area contributed by atoms with Crippen LogP contribution >= 0.6 is 23.5 Å². The van der Waals surface area contributed by atoms with Gasteiger partial charge < -0.3 is 5.73 Å². The van der Waals surface area contributed by atoms with Crippen molar-refractivity contribution >= 4 is 23.5 Å². The molecule has 4 heteroatoms. The van der Waals surface area contributed by atoms with E-state index < -0.39 is 0 Å². The van der Waals surface area contributed by atoms with Crippen LogP contribution in [0.4, 0.5) is 0 Å². The lowest BCUT2D eigenvalue weighted by Crippen LogP contribution is -2.47. The largest absolute Gasteiger partial charge is 0.329 e. The van der Waals surface area contributed by atoms with E-state index in [0.29, 0.717) is 6.04 Å². The third kappa shape index (κ3) is 4.01. The standard InChI is InChI=1S/C10H22N2S2/c1-9-8-12(4-6-14-9)10(7-11)3-5-13-2/h9-10H,3-8,11H2,1-2H3. The monoisotopic (exact) mass is 234 g/mol. The molecule has 2 unspecified atom stereocenters. The highest BCUT2D eigenvalue weighted by Gasteiger charge is 2.22. The van der Waals surface area contributed by atoms with Crippen LogP contribution in [0.15, 0.2) is 0 Å². The molecule has 1 rings (SSSR count). The van der Waals surface area contributed by atoms with Gasteiger partial charge in [0.2, 0.25) is 0 Å². The van der Waals surface area contributed by atoms with Gasteiger partial charge in [0.25, 0.3) is 0 Å². The smallest absolute Gasteiger partial charge is 0.0227 e. The number of rotatable bonds is 5. The molecule has 0 radical (unpaired) electrons. The fraction of sp³-hybridized carbons (Fsp3) is 1.00. The molecule has 2 atom stereocenters. The molecule has 84 valence electrons. The average Bonchev–Trinajstić information content (AvgIpc) is 2.19. The second-order valence-corrected chi connectivity index (χ2v) is 6.38. The Kier molecular flexibility index (Phi) is 6.33. The fourth-order valence-corrected chi connectivity index (χ4v) is 3.43. The molecule has 0 aliphatic carbocycles. The predicted octanol–water partition coefficient (Wildman–Crippen LogP) is 1.50. The summed E-state index contributed by atoms with van der Waals surface area (Å²) >= 11 is 4.01. The van der Waals surface area contributed by atoms with E-state index in [1.54, 1.807) is 0 Å². The summed E-state index contributed by atoms with van der Waals surface area (Å²) in [5.41, 5.74) is 5.83. The van der Waals surface area contributed by atoms with E-state index in [4.69, 9.17) is 5.73 Å². The molecule has 0 aromatic rings. The topological polar surface area (TPSA) is 29.3 Å². The van der Waals surface area contributed by atoms with E-state index in [9.17, 15) is 0 Å².